The number of amides is 1. The van der Waals surface area contributed by atoms with Crippen molar-refractivity contribution in [3.8, 4) is 0 Å². The van der Waals surface area contributed by atoms with Gasteiger partial charge in [-0.15, -0.1) is 0 Å². The second kappa shape index (κ2) is 5.84. The van der Waals surface area contributed by atoms with Crippen LogP contribution in [0.25, 0.3) is 0 Å². The van der Waals surface area contributed by atoms with Crippen molar-refractivity contribution in [3.63, 3.8) is 0 Å². The van der Waals surface area contributed by atoms with Gasteiger partial charge in [0.25, 0.3) is 5.91 Å². The Bertz CT molecular complexity index is 642. The number of aromatic amines is 1. The minimum absolute atomic E-state index is 0.0631. The lowest BCUT2D eigenvalue weighted by atomic mass is 10.1. The Morgan fingerprint density at radius 1 is 1.43 bits per heavy atom. The number of carbonyl (C=O) groups is 1. The molecule has 112 valence electrons. The molecule has 9 heteroatoms. The smallest absolute Gasteiger partial charge is 0.334 e. The molecule has 0 spiro atoms. The van der Waals surface area contributed by atoms with Crippen LogP contribution >= 0.6 is 15.9 Å². The molecule has 1 heterocycles. The van der Waals surface area contributed by atoms with Crippen LogP contribution in [-0.2, 0) is 12.7 Å². The molecule has 2 aromatic rings. The molecule has 0 aliphatic rings. The van der Waals surface area contributed by atoms with E-state index < -0.39 is 17.6 Å². The van der Waals surface area contributed by atoms with Gasteiger partial charge < -0.3 is 4.90 Å². The third-order valence-corrected chi connectivity index (χ3v) is 3.41. The van der Waals surface area contributed by atoms with Crippen LogP contribution in [0.5, 0.6) is 0 Å². The first-order valence-electron chi connectivity index (χ1n) is 5.75. The summed E-state index contributed by atoms with van der Waals surface area (Å²) < 4.78 is 38.4. The fraction of sp³-hybridized carbons (Fsp3) is 0.250. The predicted molar refractivity (Wildman–Crippen MR) is 71.3 cm³/mol. The number of hydrogen-bond acceptors (Lipinski definition) is 3. The molecule has 0 unspecified atom stereocenters. The van der Waals surface area contributed by atoms with Crippen molar-refractivity contribution >= 4 is 21.8 Å². The number of aromatic nitrogens is 3. The molecule has 0 aliphatic heterocycles. The van der Waals surface area contributed by atoms with Crippen LogP contribution in [0, 0.1) is 0 Å². The highest BCUT2D eigenvalue weighted by molar-refractivity contribution is 9.10. The molecule has 1 aromatic heterocycles. The van der Waals surface area contributed by atoms with Gasteiger partial charge in [-0.2, -0.15) is 18.3 Å². The molecule has 0 fully saturated rings. The molecule has 5 nitrogen and oxygen atoms in total. The summed E-state index contributed by atoms with van der Waals surface area (Å²) >= 11 is 3.09. The van der Waals surface area contributed by atoms with Crippen LogP contribution in [-0.4, -0.2) is 33.0 Å². The van der Waals surface area contributed by atoms with Crippen LogP contribution in [0.15, 0.2) is 29.0 Å². The molecule has 0 atom stereocenters. The first kappa shape index (κ1) is 15.5. The molecule has 0 saturated carbocycles. The zero-order chi connectivity index (χ0) is 15.6. The Morgan fingerprint density at radius 2 is 2.14 bits per heavy atom. The van der Waals surface area contributed by atoms with E-state index >= 15 is 0 Å². The second-order valence-electron chi connectivity index (χ2n) is 4.29. The van der Waals surface area contributed by atoms with Crippen molar-refractivity contribution in [2.75, 3.05) is 7.05 Å². The number of alkyl halides is 3. The number of nitrogens with one attached hydrogen (secondary N) is 1. The summed E-state index contributed by atoms with van der Waals surface area (Å²) in [6, 6.07) is 2.94. The van der Waals surface area contributed by atoms with E-state index in [9.17, 15) is 18.0 Å². The Kier molecular flexibility index (Phi) is 4.31. The SMILES string of the molecule is CN(Cc1ncn[nH]1)C(=O)c1cc(C(F)(F)F)ccc1Br. The minimum atomic E-state index is -4.50. The van der Waals surface area contributed by atoms with Crippen molar-refractivity contribution in [2.45, 2.75) is 12.7 Å². The molecule has 21 heavy (non-hydrogen) atoms. The van der Waals surface area contributed by atoms with Crippen LogP contribution in [0.2, 0.25) is 0 Å². The third-order valence-electron chi connectivity index (χ3n) is 2.72. The van der Waals surface area contributed by atoms with E-state index in [0.717, 1.165) is 12.1 Å². The molecule has 2 rings (SSSR count). The highest BCUT2D eigenvalue weighted by atomic mass is 79.9. The summed E-state index contributed by atoms with van der Waals surface area (Å²) in [5, 5.41) is 6.22. The van der Waals surface area contributed by atoms with Gasteiger partial charge in [0, 0.05) is 11.5 Å². The highest BCUT2D eigenvalue weighted by Crippen LogP contribution is 2.32. The Balaban J connectivity index is 2.26. The van der Waals surface area contributed by atoms with Gasteiger partial charge in [0.15, 0.2) is 0 Å². The fourth-order valence-corrected chi connectivity index (χ4v) is 2.09. The van der Waals surface area contributed by atoms with Crippen LogP contribution in [0.1, 0.15) is 21.7 Å². The quantitative estimate of drug-likeness (QED) is 0.912. The van der Waals surface area contributed by atoms with Crippen molar-refractivity contribution in [1.29, 1.82) is 0 Å². The predicted octanol–water partition coefficient (Wildman–Crippen LogP) is 2.86. The molecule has 0 radical (unpaired) electrons. The zero-order valence-electron chi connectivity index (χ0n) is 10.8. The van der Waals surface area contributed by atoms with Gasteiger partial charge >= 0.3 is 6.18 Å². The maximum atomic E-state index is 12.7. The second-order valence-corrected chi connectivity index (χ2v) is 5.14. The van der Waals surface area contributed by atoms with E-state index in [0.29, 0.717) is 10.3 Å². The number of nitrogens with zero attached hydrogens (tertiary/aromatic N) is 3. The van der Waals surface area contributed by atoms with Crippen molar-refractivity contribution in [1.82, 2.24) is 20.1 Å². The maximum absolute atomic E-state index is 12.7. The van der Waals surface area contributed by atoms with Gasteiger partial charge in [0.05, 0.1) is 17.7 Å². The highest BCUT2D eigenvalue weighted by Gasteiger charge is 2.32. The van der Waals surface area contributed by atoms with Gasteiger partial charge in [0.1, 0.15) is 12.2 Å². The number of benzene rings is 1. The standard InChI is InChI=1S/C12H10BrF3N4O/c1-20(5-10-17-6-18-19-10)11(21)8-4-7(12(14,15)16)2-3-9(8)13/h2-4,6H,5H2,1H3,(H,17,18,19). The lowest BCUT2D eigenvalue weighted by Gasteiger charge is -2.17. The van der Waals surface area contributed by atoms with Crippen LogP contribution < -0.4 is 0 Å². The number of halogens is 4. The van der Waals surface area contributed by atoms with Gasteiger partial charge in [-0.25, -0.2) is 4.98 Å². The molecule has 0 aliphatic carbocycles. The van der Waals surface area contributed by atoms with Gasteiger partial charge in [-0.3, -0.25) is 9.89 Å². The van der Waals surface area contributed by atoms with Crippen molar-refractivity contribution in [2.24, 2.45) is 0 Å². The zero-order valence-corrected chi connectivity index (χ0v) is 12.4. The van der Waals surface area contributed by atoms with E-state index in [1.165, 1.54) is 24.3 Å². The minimum Gasteiger partial charge on any atom is -0.334 e. The first-order chi connectivity index (χ1) is 9.79. The lowest BCUT2D eigenvalue weighted by molar-refractivity contribution is -0.137. The first-order valence-corrected chi connectivity index (χ1v) is 6.55. The lowest BCUT2D eigenvalue weighted by Crippen LogP contribution is -2.27. The largest absolute Gasteiger partial charge is 0.416 e. The van der Waals surface area contributed by atoms with E-state index in [4.69, 9.17) is 0 Å². The molecular formula is C12H10BrF3N4O. The van der Waals surface area contributed by atoms with Gasteiger partial charge in [-0.1, -0.05) is 0 Å². The maximum Gasteiger partial charge on any atom is 0.416 e. The third kappa shape index (κ3) is 3.60. The number of H-pyrrole nitrogens is 1. The van der Waals surface area contributed by atoms with Crippen LogP contribution in [0.4, 0.5) is 13.2 Å². The number of hydrogen-bond donors (Lipinski definition) is 1. The molecule has 1 aromatic carbocycles. The number of rotatable bonds is 3. The number of carbonyl (C=O) groups excluding carboxylic acids is 1. The summed E-state index contributed by atoms with van der Waals surface area (Å²) in [5.74, 6) is -0.113. The molecular weight excluding hydrogens is 353 g/mol. The molecule has 1 N–H and O–H groups in total. The fourth-order valence-electron chi connectivity index (χ4n) is 1.67. The Morgan fingerprint density at radius 3 is 2.71 bits per heavy atom. The summed E-state index contributed by atoms with van der Waals surface area (Å²) in [7, 11) is 1.47. The summed E-state index contributed by atoms with van der Waals surface area (Å²) in [4.78, 5) is 17.3. The summed E-state index contributed by atoms with van der Waals surface area (Å²) in [5.41, 5.74) is -0.936. The normalized spacial score (nSPS) is 11.5. The molecule has 0 bridgehead atoms. The van der Waals surface area contributed by atoms with Crippen molar-refractivity contribution < 1.29 is 18.0 Å². The van der Waals surface area contributed by atoms with Crippen LogP contribution in [0.3, 0.4) is 0 Å². The van der Waals surface area contributed by atoms with Gasteiger partial charge in [0.2, 0.25) is 0 Å². The van der Waals surface area contributed by atoms with E-state index in [2.05, 4.69) is 31.1 Å². The van der Waals surface area contributed by atoms with E-state index in [-0.39, 0.29) is 12.1 Å². The molecule has 0 saturated heterocycles. The Hall–Kier alpha value is -1.90. The topological polar surface area (TPSA) is 61.9 Å². The summed E-state index contributed by atoms with van der Waals surface area (Å²) in [6.07, 6.45) is -3.22. The van der Waals surface area contributed by atoms with Crippen molar-refractivity contribution in [3.05, 3.63) is 46.0 Å². The molecule has 1 amide bonds. The average Bonchev–Trinajstić information content (AvgIpc) is 2.90. The monoisotopic (exact) mass is 362 g/mol. The van der Waals surface area contributed by atoms with Gasteiger partial charge in [-0.05, 0) is 34.1 Å². The summed E-state index contributed by atoms with van der Waals surface area (Å²) in [6.45, 7) is 0.113. The van der Waals surface area contributed by atoms with E-state index in [1.807, 2.05) is 0 Å². The van der Waals surface area contributed by atoms with E-state index in [1.54, 1.807) is 0 Å². The Labute approximate surface area is 126 Å². The average molecular weight is 363 g/mol.